The topological polar surface area (TPSA) is 55.6 Å². The van der Waals surface area contributed by atoms with Crippen molar-refractivity contribution < 1.29 is 0 Å². The lowest BCUT2D eigenvalue weighted by atomic mass is 10.2. The maximum absolute atomic E-state index is 4.35. The molecule has 2 aromatic heterocycles. The van der Waals surface area contributed by atoms with Crippen LogP contribution in [0.3, 0.4) is 0 Å². The maximum Gasteiger partial charge on any atom is 0.148 e. The van der Waals surface area contributed by atoms with Crippen molar-refractivity contribution in [2.45, 2.75) is 27.3 Å². The van der Waals surface area contributed by atoms with Crippen LogP contribution < -0.4 is 5.32 Å². The second-order valence-electron chi connectivity index (χ2n) is 3.95. The minimum Gasteiger partial charge on any atom is -0.313 e. The summed E-state index contributed by atoms with van der Waals surface area (Å²) < 4.78 is 1.82. The fourth-order valence-electron chi connectivity index (χ4n) is 1.72. The summed E-state index contributed by atoms with van der Waals surface area (Å²) in [4.78, 5) is 8.52. The highest BCUT2D eigenvalue weighted by molar-refractivity contribution is 5.32. The van der Waals surface area contributed by atoms with Gasteiger partial charge in [0.15, 0.2) is 0 Å². The molecule has 5 nitrogen and oxygen atoms in total. The summed E-state index contributed by atoms with van der Waals surface area (Å²) in [5.74, 6) is 1.66. The summed E-state index contributed by atoms with van der Waals surface area (Å²) in [7, 11) is 0. The van der Waals surface area contributed by atoms with E-state index >= 15 is 0 Å². The standard InChI is InChI=1S/C12H17N5/c1-4-13-6-11-5-12(8-14-7-11)17-10(3)15-9(2)16-17/h5,7-8,13H,4,6H2,1-3H3. The lowest BCUT2D eigenvalue weighted by Crippen LogP contribution is -2.12. The molecule has 2 heterocycles. The highest BCUT2D eigenvalue weighted by atomic mass is 15.3. The van der Waals surface area contributed by atoms with E-state index < -0.39 is 0 Å². The van der Waals surface area contributed by atoms with Crippen LogP contribution in [-0.2, 0) is 6.54 Å². The average molecular weight is 231 g/mol. The molecule has 1 N–H and O–H groups in total. The Hall–Kier alpha value is -1.75. The molecule has 0 radical (unpaired) electrons. The quantitative estimate of drug-likeness (QED) is 0.864. The summed E-state index contributed by atoms with van der Waals surface area (Å²) in [6.45, 7) is 7.69. The Morgan fingerprint density at radius 3 is 2.76 bits per heavy atom. The van der Waals surface area contributed by atoms with Crippen molar-refractivity contribution >= 4 is 0 Å². The summed E-state index contributed by atoms with van der Waals surface area (Å²) in [5, 5.41) is 7.62. The van der Waals surface area contributed by atoms with Gasteiger partial charge in [0.2, 0.25) is 0 Å². The molecule has 0 spiro atoms. The summed E-state index contributed by atoms with van der Waals surface area (Å²) in [5.41, 5.74) is 2.11. The third-order valence-electron chi connectivity index (χ3n) is 2.48. The van der Waals surface area contributed by atoms with Crippen LogP contribution in [0.2, 0.25) is 0 Å². The highest BCUT2D eigenvalue weighted by Crippen LogP contribution is 2.10. The molecule has 0 saturated carbocycles. The molecule has 0 aromatic carbocycles. The fourth-order valence-corrected chi connectivity index (χ4v) is 1.72. The zero-order valence-corrected chi connectivity index (χ0v) is 10.4. The second kappa shape index (κ2) is 5.05. The minimum atomic E-state index is 0.777. The van der Waals surface area contributed by atoms with Crippen molar-refractivity contribution in [1.82, 2.24) is 25.1 Å². The van der Waals surface area contributed by atoms with E-state index in [1.165, 1.54) is 0 Å². The van der Waals surface area contributed by atoms with Crippen LogP contribution in [0.25, 0.3) is 5.69 Å². The molecule has 0 atom stereocenters. The first-order valence-electron chi connectivity index (χ1n) is 5.76. The Labute approximate surface area is 101 Å². The van der Waals surface area contributed by atoms with E-state index in [1.54, 1.807) is 6.20 Å². The Balaban J connectivity index is 2.29. The van der Waals surface area contributed by atoms with Crippen LogP contribution >= 0.6 is 0 Å². The summed E-state index contributed by atoms with van der Waals surface area (Å²) in [6, 6.07) is 2.08. The van der Waals surface area contributed by atoms with E-state index in [2.05, 4.69) is 33.4 Å². The van der Waals surface area contributed by atoms with E-state index in [4.69, 9.17) is 0 Å². The number of pyridine rings is 1. The van der Waals surface area contributed by atoms with E-state index in [1.807, 2.05) is 24.7 Å². The molecule has 0 aliphatic heterocycles. The van der Waals surface area contributed by atoms with Gasteiger partial charge in [0, 0.05) is 12.7 Å². The molecule has 17 heavy (non-hydrogen) atoms. The van der Waals surface area contributed by atoms with Gasteiger partial charge >= 0.3 is 0 Å². The van der Waals surface area contributed by atoms with Crippen molar-refractivity contribution in [3.8, 4) is 5.69 Å². The fraction of sp³-hybridized carbons (Fsp3) is 0.417. The van der Waals surface area contributed by atoms with E-state index in [-0.39, 0.29) is 0 Å². The van der Waals surface area contributed by atoms with E-state index in [0.717, 1.165) is 36.0 Å². The smallest absolute Gasteiger partial charge is 0.148 e. The highest BCUT2D eigenvalue weighted by Gasteiger charge is 2.05. The predicted molar refractivity (Wildman–Crippen MR) is 66.0 cm³/mol. The van der Waals surface area contributed by atoms with Gasteiger partial charge in [-0.3, -0.25) is 4.98 Å². The lowest BCUT2D eigenvalue weighted by molar-refractivity contribution is 0.721. The zero-order chi connectivity index (χ0) is 12.3. The van der Waals surface area contributed by atoms with Crippen molar-refractivity contribution in [2.75, 3.05) is 6.54 Å². The molecule has 0 bridgehead atoms. The second-order valence-corrected chi connectivity index (χ2v) is 3.95. The van der Waals surface area contributed by atoms with Crippen LogP contribution in [0.4, 0.5) is 0 Å². The van der Waals surface area contributed by atoms with Gasteiger partial charge in [-0.1, -0.05) is 6.92 Å². The van der Waals surface area contributed by atoms with Gasteiger partial charge in [-0.15, -0.1) is 0 Å². The third kappa shape index (κ3) is 2.68. The molecule has 0 saturated heterocycles. The number of hydrogen-bond donors (Lipinski definition) is 1. The van der Waals surface area contributed by atoms with Gasteiger partial charge in [0.05, 0.1) is 11.9 Å². The van der Waals surface area contributed by atoms with Crippen molar-refractivity contribution in [1.29, 1.82) is 0 Å². The Morgan fingerprint density at radius 1 is 1.29 bits per heavy atom. The summed E-state index contributed by atoms with van der Waals surface area (Å²) in [6.07, 6.45) is 3.67. The molecule has 0 fully saturated rings. The summed E-state index contributed by atoms with van der Waals surface area (Å²) >= 11 is 0. The number of nitrogens with one attached hydrogen (secondary N) is 1. The molecule has 2 aromatic rings. The normalized spacial score (nSPS) is 10.8. The van der Waals surface area contributed by atoms with Gasteiger partial charge in [0.1, 0.15) is 11.6 Å². The number of rotatable bonds is 4. The van der Waals surface area contributed by atoms with Crippen LogP contribution in [-0.4, -0.2) is 26.3 Å². The minimum absolute atomic E-state index is 0.777. The molecule has 2 rings (SSSR count). The first-order valence-corrected chi connectivity index (χ1v) is 5.76. The molecule has 0 aliphatic carbocycles. The van der Waals surface area contributed by atoms with Crippen LogP contribution in [0, 0.1) is 13.8 Å². The number of aryl methyl sites for hydroxylation is 2. The number of hydrogen-bond acceptors (Lipinski definition) is 4. The van der Waals surface area contributed by atoms with Gasteiger partial charge < -0.3 is 5.32 Å². The lowest BCUT2D eigenvalue weighted by Gasteiger charge is -2.06. The van der Waals surface area contributed by atoms with Crippen LogP contribution in [0.5, 0.6) is 0 Å². The van der Waals surface area contributed by atoms with Crippen molar-refractivity contribution in [2.24, 2.45) is 0 Å². The van der Waals surface area contributed by atoms with Gasteiger partial charge in [-0.25, -0.2) is 9.67 Å². The zero-order valence-electron chi connectivity index (χ0n) is 10.4. The third-order valence-corrected chi connectivity index (χ3v) is 2.48. The first kappa shape index (κ1) is 11.7. The Morgan fingerprint density at radius 2 is 2.12 bits per heavy atom. The van der Waals surface area contributed by atoms with Crippen molar-refractivity contribution in [3.63, 3.8) is 0 Å². The molecule has 0 unspecified atom stereocenters. The van der Waals surface area contributed by atoms with E-state index in [0.29, 0.717) is 0 Å². The number of nitrogens with zero attached hydrogens (tertiary/aromatic N) is 4. The monoisotopic (exact) mass is 231 g/mol. The molecule has 0 amide bonds. The molecule has 90 valence electrons. The molecule has 0 aliphatic rings. The number of aromatic nitrogens is 4. The Bertz CT molecular complexity index is 503. The average Bonchev–Trinajstić information content (AvgIpc) is 2.66. The molecular formula is C12H17N5. The predicted octanol–water partition coefficient (Wildman–Crippen LogP) is 1.39. The molecular weight excluding hydrogens is 214 g/mol. The Kier molecular flexibility index (Phi) is 3.49. The van der Waals surface area contributed by atoms with Gasteiger partial charge in [0.25, 0.3) is 0 Å². The SMILES string of the molecule is CCNCc1cncc(-n2nc(C)nc2C)c1. The van der Waals surface area contributed by atoms with E-state index in [9.17, 15) is 0 Å². The van der Waals surface area contributed by atoms with Gasteiger partial charge in [-0.2, -0.15) is 5.10 Å². The maximum atomic E-state index is 4.35. The first-order chi connectivity index (χ1) is 8.20. The van der Waals surface area contributed by atoms with Crippen LogP contribution in [0.1, 0.15) is 24.1 Å². The van der Waals surface area contributed by atoms with Crippen molar-refractivity contribution in [3.05, 3.63) is 35.7 Å². The largest absolute Gasteiger partial charge is 0.313 e. The van der Waals surface area contributed by atoms with Crippen LogP contribution in [0.15, 0.2) is 18.5 Å². The molecule has 5 heteroatoms. The van der Waals surface area contributed by atoms with Gasteiger partial charge in [-0.05, 0) is 32.0 Å².